The van der Waals surface area contributed by atoms with Crippen LogP contribution in [0.2, 0.25) is 0 Å². The van der Waals surface area contributed by atoms with E-state index in [2.05, 4.69) is 10.3 Å². The number of primary sulfonamides is 1. The van der Waals surface area contributed by atoms with Crippen molar-refractivity contribution in [3.63, 3.8) is 0 Å². The Hall–Kier alpha value is -2.43. The number of nitrogens with two attached hydrogens (primary N) is 1. The molecule has 1 fully saturated rings. The van der Waals surface area contributed by atoms with Crippen molar-refractivity contribution in [2.75, 3.05) is 24.7 Å². The maximum atomic E-state index is 13.0. The fourth-order valence-corrected chi connectivity index (χ4v) is 7.50. The van der Waals surface area contributed by atoms with E-state index in [1.54, 1.807) is 0 Å². The summed E-state index contributed by atoms with van der Waals surface area (Å²) in [5, 5.41) is 8.17. The number of sulfone groups is 1. The van der Waals surface area contributed by atoms with Gasteiger partial charge in [-0.15, -0.1) is 0 Å². The predicted octanol–water partition coefficient (Wildman–Crippen LogP) is 1.39. The van der Waals surface area contributed by atoms with Gasteiger partial charge in [0.2, 0.25) is 26.0 Å². The van der Waals surface area contributed by atoms with Crippen molar-refractivity contribution in [1.29, 1.82) is 0 Å². The molecule has 0 saturated carbocycles. The second kappa shape index (κ2) is 9.22. The Morgan fingerprint density at radius 3 is 2.29 bits per heavy atom. The zero-order valence-electron chi connectivity index (χ0n) is 18.4. The van der Waals surface area contributed by atoms with Gasteiger partial charge in [-0.1, -0.05) is 17.4 Å². The molecule has 11 nitrogen and oxygen atoms in total. The number of thiazole rings is 1. The quantitative estimate of drug-likeness (QED) is 0.456. The molecule has 2 aromatic carbocycles. The first-order chi connectivity index (χ1) is 16.2. The fourth-order valence-electron chi connectivity index (χ4n) is 3.72. The Labute approximate surface area is 207 Å². The number of nitrogens with one attached hydrogen (secondary N) is 1. The minimum absolute atomic E-state index is 0.0535. The Kier molecular flexibility index (Phi) is 6.76. The zero-order chi connectivity index (χ0) is 25.6. The average molecular weight is 559 g/mol. The highest BCUT2D eigenvalue weighted by atomic mass is 32.2. The van der Waals surface area contributed by atoms with Gasteiger partial charge in [-0.25, -0.2) is 35.4 Å². The van der Waals surface area contributed by atoms with E-state index in [0.29, 0.717) is 15.3 Å². The number of carbonyl (C=O) groups excluding carboxylic acids is 1. The number of carbonyl (C=O) groups is 1. The van der Waals surface area contributed by atoms with Crippen molar-refractivity contribution in [2.24, 2.45) is 11.1 Å². The van der Waals surface area contributed by atoms with Crippen LogP contribution in [0.4, 0.5) is 5.13 Å². The van der Waals surface area contributed by atoms with E-state index in [4.69, 9.17) is 5.14 Å². The molecule has 35 heavy (non-hydrogen) atoms. The van der Waals surface area contributed by atoms with Crippen molar-refractivity contribution in [3.8, 4) is 0 Å². The number of hydrogen-bond acceptors (Lipinski definition) is 9. The van der Waals surface area contributed by atoms with Crippen LogP contribution in [-0.4, -0.2) is 59.8 Å². The van der Waals surface area contributed by atoms with E-state index < -0.39 is 35.8 Å². The van der Waals surface area contributed by atoms with Gasteiger partial charge in [0.15, 0.2) is 15.0 Å². The molecule has 15 heteroatoms. The third-order valence-corrected chi connectivity index (χ3v) is 10.5. The van der Waals surface area contributed by atoms with Crippen LogP contribution in [0.1, 0.15) is 12.8 Å². The van der Waals surface area contributed by atoms with Crippen molar-refractivity contribution < 1.29 is 30.0 Å². The second-order valence-electron chi connectivity index (χ2n) is 8.11. The van der Waals surface area contributed by atoms with Crippen molar-refractivity contribution in [2.45, 2.75) is 27.5 Å². The molecular weight excluding hydrogens is 537 g/mol. The van der Waals surface area contributed by atoms with Gasteiger partial charge in [0, 0.05) is 25.3 Å². The van der Waals surface area contributed by atoms with Crippen LogP contribution in [0.15, 0.2) is 57.2 Å². The fraction of sp³-hybridized carbons (Fsp3) is 0.300. The molecule has 0 atom stereocenters. The summed E-state index contributed by atoms with van der Waals surface area (Å²) in [6, 6.07) is 9.43. The van der Waals surface area contributed by atoms with Gasteiger partial charge < -0.3 is 5.32 Å². The lowest BCUT2D eigenvalue weighted by Crippen LogP contribution is -2.41. The van der Waals surface area contributed by atoms with Gasteiger partial charge in [0.25, 0.3) is 0 Å². The Bertz CT molecular complexity index is 1620. The number of rotatable bonds is 6. The minimum atomic E-state index is -3.92. The van der Waals surface area contributed by atoms with Gasteiger partial charge in [-0.05, 0) is 49.2 Å². The van der Waals surface area contributed by atoms with E-state index >= 15 is 0 Å². The maximum Gasteiger partial charge on any atom is 0.243 e. The number of sulfonamides is 2. The molecular formula is C20H22N4O7S4. The normalized spacial score (nSPS) is 16.4. The summed E-state index contributed by atoms with van der Waals surface area (Å²) in [7, 11) is -11.3. The molecule has 0 aliphatic carbocycles. The first-order valence-corrected chi connectivity index (χ1v) is 16.0. The Balaban J connectivity index is 1.43. The molecule has 0 bridgehead atoms. The standard InChI is InChI=1S/C20H22N4O7S4/c1-33(26,27)14-3-2-4-16(11-14)35(30,31)24-9-7-13(8-10-24)19(25)23-20-22-17-6-5-15(34(21,28)29)12-18(17)32-20/h2-6,11-13H,7-10H2,1H3,(H2,21,28,29)(H,22,23,25). The van der Waals surface area contributed by atoms with Gasteiger partial charge in [-0.3, -0.25) is 4.79 Å². The molecule has 1 amide bonds. The summed E-state index contributed by atoms with van der Waals surface area (Å²) >= 11 is 1.11. The SMILES string of the molecule is CS(=O)(=O)c1cccc(S(=O)(=O)N2CCC(C(=O)Nc3nc4ccc(S(N)(=O)=O)cc4s3)CC2)c1. The van der Waals surface area contributed by atoms with Crippen LogP contribution < -0.4 is 10.5 Å². The minimum Gasteiger partial charge on any atom is -0.302 e. The maximum absolute atomic E-state index is 13.0. The number of benzene rings is 2. The number of fused-ring (bicyclic) bond motifs is 1. The number of aromatic nitrogens is 1. The van der Waals surface area contributed by atoms with Crippen molar-refractivity contribution >= 4 is 62.5 Å². The van der Waals surface area contributed by atoms with Gasteiger partial charge in [-0.2, -0.15) is 4.31 Å². The first-order valence-electron chi connectivity index (χ1n) is 10.3. The van der Waals surface area contributed by atoms with Gasteiger partial charge >= 0.3 is 0 Å². The highest BCUT2D eigenvalue weighted by Gasteiger charge is 2.33. The average Bonchev–Trinajstić information content (AvgIpc) is 3.19. The number of nitrogens with zero attached hydrogens (tertiary/aromatic N) is 2. The zero-order valence-corrected chi connectivity index (χ0v) is 21.7. The summed E-state index contributed by atoms with van der Waals surface area (Å²) in [6.07, 6.45) is 1.56. The summed E-state index contributed by atoms with van der Waals surface area (Å²) in [5.41, 5.74) is 0.509. The second-order valence-corrected chi connectivity index (χ2v) is 14.7. The molecule has 3 aromatic rings. The number of hydrogen-bond donors (Lipinski definition) is 2. The molecule has 1 aromatic heterocycles. The molecule has 1 aliphatic heterocycles. The highest BCUT2D eigenvalue weighted by molar-refractivity contribution is 7.91. The number of anilines is 1. The third-order valence-electron chi connectivity index (χ3n) is 5.61. The summed E-state index contributed by atoms with van der Waals surface area (Å²) < 4.78 is 74.4. The first kappa shape index (κ1) is 25.7. The van der Waals surface area contributed by atoms with E-state index in [1.807, 2.05) is 0 Å². The molecule has 0 spiro atoms. The summed E-state index contributed by atoms with van der Waals surface area (Å²) in [4.78, 5) is 16.8. The van der Waals surface area contributed by atoms with E-state index in [-0.39, 0.29) is 46.5 Å². The lowest BCUT2D eigenvalue weighted by Gasteiger charge is -2.30. The Morgan fingerprint density at radius 2 is 1.66 bits per heavy atom. The van der Waals surface area contributed by atoms with Crippen molar-refractivity contribution in [3.05, 3.63) is 42.5 Å². The van der Waals surface area contributed by atoms with Gasteiger partial charge in [0.1, 0.15) is 0 Å². The Morgan fingerprint density at radius 1 is 1.00 bits per heavy atom. The summed E-state index contributed by atoms with van der Waals surface area (Å²) in [6.45, 7) is 0.197. The smallest absolute Gasteiger partial charge is 0.243 e. The lowest BCUT2D eigenvalue weighted by molar-refractivity contribution is -0.120. The van der Waals surface area contributed by atoms with Crippen LogP contribution in [0.25, 0.3) is 10.2 Å². The molecule has 1 aliphatic rings. The van der Waals surface area contributed by atoms with E-state index in [0.717, 1.165) is 23.7 Å². The molecule has 0 radical (unpaired) electrons. The summed E-state index contributed by atoms with van der Waals surface area (Å²) in [5.74, 6) is -0.761. The highest BCUT2D eigenvalue weighted by Crippen LogP contribution is 2.30. The van der Waals surface area contributed by atoms with Gasteiger partial charge in [0.05, 0.1) is 24.9 Å². The number of piperidine rings is 1. The molecule has 2 heterocycles. The third kappa shape index (κ3) is 5.54. The van der Waals surface area contributed by atoms with Crippen LogP contribution in [0.3, 0.4) is 0 Å². The molecule has 0 unspecified atom stereocenters. The van der Waals surface area contributed by atoms with Crippen LogP contribution in [-0.2, 0) is 34.7 Å². The van der Waals surface area contributed by atoms with Crippen LogP contribution in [0, 0.1) is 5.92 Å². The molecule has 3 N–H and O–H groups in total. The van der Waals surface area contributed by atoms with Crippen molar-refractivity contribution in [1.82, 2.24) is 9.29 Å². The largest absolute Gasteiger partial charge is 0.302 e. The molecule has 188 valence electrons. The molecule has 4 rings (SSSR count). The monoisotopic (exact) mass is 558 g/mol. The van der Waals surface area contributed by atoms with Crippen LogP contribution in [0.5, 0.6) is 0 Å². The topological polar surface area (TPSA) is 174 Å². The predicted molar refractivity (Wildman–Crippen MR) is 131 cm³/mol. The molecule has 1 saturated heterocycles. The van der Waals surface area contributed by atoms with Crippen LogP contribution >= 0.6 is 11.3 Å². The number of amides is 1. The van der Waals surface area contributed by atoms with E-state index in [9.17, 15) is 30.0 Å². The lowest BCUT2D eigenvalue weighted by atomic mass is 9.97. The van der Waals surface area contributed by atoms with E-state index in [1.165, 1.54) is 40.7 Å².